The molecular weight excluding hydrogens is 338 g/mol. The van der Waals surface area contributed by atoms with Gasteiger partial charge in [-0.15, -0.1) is 0 Å². The van der Waals surface area contributed by atoms with E-state index in [0.29, 0.717) is 0 Å². The van der Waals surface area contributed by atoms with Crippen LogP contribution < -0.4 is 0 Å². The molecule has 0 aliphatic carbocycles. The molecule has 0 nitrogen and oxygen atoms in total. The van der Waals surface area contributed by atoms with Crippen LogP contribution in [0.1, 0.15) is 26.2 Å². The standard InChI is InChI=1S/C7H12I2/c1-2-3-4-5-6-7(8)9/h4-5,7H,2-3,6H2,1H3/b5-4+. The summed E-state index contributed by atoms with van der Waals surface area (Å²) in [6.45, 7) is 2.20. The molecule has 54 valence electrons. The van der Waals surface area contributed by atoms with Crippen molar-refractivity contribution in [2.24, 2.45) is 0 Å². The first kappa shape index (κ1) is 10.2. The van der Waals surface area contributed by atoms with Gasteiger partial charge in [-0.25, -0.2) is 0 Å². The Hall–Kier alpha value is 1.20. The summed E-state index contributed by atoms with van der Waals surface area (Å²) in [4.78, 5) is 0. The summed E-state index contributed by atoms with van der Waals surface area (Å²) in [6, 6.07) is 0. The highest BCUT2D eigenvalue weighted by atomic mass is 127. The van der Waals surface area contributed by atoms with Crippen LogP contribution in [0.4, 0.5) is 0 Å². The highest BCUT2D eigenvalue weighted by Crippen LogP contribution is 2.14. The summed E-state index contributed by atoms with van der Waals surface area (Å²) in [5.74, 6) is 0. The maximum Gasteiger partial charge on any atom is 0.0660 e. The average molecular weight is 350 g/mol. The lowest BCUT2D eigenvalue weighted by molar-refractivity contribution is 0.952. The zero-order valence-corrected chi connectivity index (χ0v) is 9.92. The molecule has 0 radical (unpaired) electrons. The maximum atomic E-state index is 2.43. The van der Waals surface area contributed by atoms with Gasteiger partial charge in [-0.05, 0) is 12.8 Å². The first-order chi connectivity index (χ1) is 4.27. The number of alkyl halides is 2. The summed E-state index contributed by atoms with van der Waals surface area (Å²) >= 11 is 4.86. The van der Waals surface area contributed by atoms with E-state index in [2.05, 4.69) is 64.3 Å². The van der Waals surface area contributed by atoms with Crippen LogP contribution >= 0.6 is 45.2 Å². The lowest BCUT2D eigenvalue weighted by Crippen LogP contribution is -1.77. The van der Waals surface area contributed by atoms with Crippen LogP contribution in [0.25, 0.3) is 0 Å². The third-order valence-electron chi connectivity index (χ3n) is 0.936. The lowest BCUT2D eigenvalue weighted by Gasteiger charge is -1.91. The van der Waals surface area contributed by atoms with Gasteiger partial charge < -0.3 is 0 Å². The number of rotatable bonds is 4. The van der Waals surface area contributed by atoms with Gasteiger partial charge in [0, 0.05) is 0 Å². The van der Waals surface area contributed by atoms with E-state index in [1.54, 1.807) is 0 Å². The van der Waals surface area contributed by atoms with Crippen molar-refractivity contribution in [3.8, 4) is 0 Å². The average Bonchev–Trinajstić information content (AvgIpc) is 1.80. The van der Waals surface area contributed by atoms with Gasteiger partial charge in [-0.3, -0.25) is 0 Å². The molecular formula is C7H12I2. The quantitative estimate of drug-likeness (QED) is 0.410. The normalized spacial score (nSPS) is 11.6. The number of hydrogen-bond donors (Lipinski definition) is 0. The van der Waals surface area contributed by atoms with Crippen LogP contribution in [0.3, 0.4) is 0 Å². The van der Waals surface area contributed by atoms with Crippen LogP contribution in [0.5, 0.6) is 0 Å². The molecule has 0 aromatic carbocycles. The van der Waals surface area contributed by atoms with Crippen molar-refractivity contribution >= 4 is 45.2 Å². The molecule has 0 rings (SSSR count). The number of halogens is 2. The fourth-order valence-electron chi connectivity index (χ4n) is 0.484. The van der Waals surface area contributed by atoms with E-state index in [4.69, 9.17) is 0 Å². The molecule has 0 aliphatic rings. The zero-order chi connectivity index (χ0) is 7.11. The summed E-state index contributed by atoms with van der Waals surface area (Å²) in [5, 5.41) is 0. The van der Waals surface area contributed by atoms with Crippen molar-refractivity contribution in [2.45, 2.75) is 28.1 Å². The van der Waals surface area contributed by atoms with E-state index in [0.717, 1.165) is 1.93 Å². The Balaban J connectivity index is 3.04. The second kappa shape index (κ2) is 7.31. The van der Waals surface area contributed by atoms with Gasteiger partial charge in [-0.1, -0.05) is 70.7 Å². The third kappa shape index (κ3) is 9.20. The minimum absolute atomic E-state index is 0.758. The fraction of sp³-hybridized carbons (Fsp3) is 0.714. The number of allylic oxidation sites excluding steroid dienone is 2. The molecule has 0 aromatic rings. The molecule has 0 spiro atoms. The van der Waals surface area contributed by atoms with Crippen molar-refractivity contribution in [2.75, 3.05) is 0 Å². The molecule has 0 N–H and O–H groups in total. The predicted octanol–water partition coefficient (Wildman–Crippen LogP) is 3.93. The highest BCUT2D eigenvalue weighted by Gasteiger charge is 1.89. The molecule has 0 unspecified atom stereocenters. The lowest BCUT2D eigenvalue weighted by atomic mass is 10.3. The van der Waals surface area contributed by atoms with Crippen molar-refractivity contribution in [1.82, 2.24) is 0 Å². The van der Waals surface area contributed by atoms with Crippen molar-refractivity contribution in [1.29, 1.82) is 0 Å². The van der Waals surface area contributed by atoms with Gasteiger partial charge in [-0.2, -0.15) is 0 Å². The molecule has 0 amide bonds. The van der Waals surface area contributed by atoms with Gasteiger partial charge in [0.1, 0.15) is 0 Å². The molecule has 0 saturated heterocycles. The Kier molecular flexibility index (Phi) is 8.28. The molecule has 0 aliphatic heterocycles. The van der Waals surface area contributed by atoms with Crippen LogP contribution in [0, 0.1) is 0 Å². The van der Waals surface area contributed by atoms with Gasteiger partial charge >= 0.3 is 0 Å². The van der Waals surface area contributed by atoms with E-state index >= 15 is 0 Å². The van der Waals surface area contributed by atoms with E-state index in [9.17, 15) is 0 Å². The molecule has 9 heavy (non-hydrogen) atoms. The molecule has 0 aromatic heterocycles. The molecule has 0 fully saturated rings. The summed E-state index contributed by atoms with van der Waals surface area (Å²) in [7, 11) is 0. The Morgan fingerprint density at radius 3 is 2.44 bits per heavy atom. The highest BCUT2D eigenvalue weighted by molar-refractivity contribution is 14.2. The van der Waals surface area contributed by atoms with Gasteiger partial charge in [0.2, 0.25) is 0 Å². The van der Waals surface area contributed by atoms with Crippen LogP contribution in [-0.4, -0.2) is 1.93 Å². The molecule has 2 heteroatoms. The summed E-state index contributed by atoms with van der Waals surface area (Å²) in [6.07, 6.45) is 8.25. The van der Waals surface area contributed by atoms with E-state index in [1.807, 2.05) is 0 Å². The first-order valence-corrected chi connectivity index (χ1v) is 5.69. The molecule has 0 saturated carbocycles. The topological polar surface area (TPSA) is 0 Å². The molecule has 0 atom stereocenters. The SMILES string of the molecule is CCC/C=C/CC(I)I. The van der Waals surface area contributed by atoms with Crippen molar-refractivity contribution < 1.29 is 0 Å². The Bertz CT molecular complexity index is 77.0. The van der Waals surface area contributed by atoms with Crippen LogP contribution in [-0.2, 0) is 0 Å². The van der Waals surface area contributed by atoms with Crippen LogP contribution in [0.15, 0.2) is 12.2 Å². The van der Waals surface area contributed by atoms with Crippen molar-refractivity contribution in [3.63, 3.8) is 0 Å². The molecule has 0 bridgehead atoms. The van der Waals surface area contributed by atoms with Crippen molar-refractivity contribution in [3.05, 3.63) is 12.2 Å². The van der Waals surface area contributed by atoms with E-state index < -0.39 is 0 Å². The second-order valence-corrected chi connectivity index (χ2v) is 7.28. The minimum atomic E-state index is 0.758. The van der Waals surface area contributed by atoms with Crippen LogP contribution in [0.2, 0.25) is 0 Å². The summed E-state index contributed by atoms with van der Waals surface area (Å²) in [5.41, 5.74) is 0. The largest absolute Gasteiger partial charge is 0.0885 e. The zero-order valence-electron chi connectivity index (χ0n) is 5.61. The maximum absolute atomic E-state index is 2.43. The number of unbranched alkanes of at least 4 members (excludes halogenated alkanes) is 1. The Morgan fingerprint density at radius 2 is 2.00 bits per heavy atom. The van der Waals surface area contributed by atoms with E-state index in [-0.39, 0.29) is 0 Å². The van der Waals surface area contributed by atoms with Gasteiger partial charge in [0.05, 0.1) is 1.93 Å². The number of hydrogen-bond acceptors (Lipinski definition) is 0. The third-order valence-corrected chi connectivity index (χ3v) is 1.95. The Labute approximate surface area is 84.8 Å². The second-order valence-electron chi connectivity index (χ2n) is 1.89. The van der Waals surface area contributed by atoms with E-state index in [1.165, 1.54) is 19.3 Å². The minimum Gasteiger partial charge on any atom is -0.0885 e. The van der Waals surface area contributed by atoms with Gasteiger partial charge in [0.15, 0.2) is 0 Å². The Morgan fingerprint density at radius 1 is 1.33 bits per heavy atom. The fourth-order valence-corrected chi connectivity index (χ4v) is 1.07. The monoisotopic (exact) mass is 350 g/mol. The molecule has 0 heterocycles. The predicted molar refractivity (Wildman–Crippen MR) is 60.5 cm³/mol. The smallest absolute Gasteiger partial charge is 0.0660 e. The summed E-state index contributed by atoms with van der Waals surface area (Å²) < 4.78 is 0.758. The first-order valence-electron chi connectivity index (χ1n) is 3.20. The van der Waals surface area contributed by atoms with Gasteiger partial charge in [0.25, 0.3) is 0 Å².